The third kappa shape index (κ3) is 3.91. The van der Waals surface area contributed by atoms with Crippen LogP contribution in [0.3, 0.4) is 0 Å². The summed E-state index contributed by atoms with van der Waals surface area (Å²) in [5.74, 6) is 0.725. The number of aromatic nitrogens is 1. The molecule has 0 fully saturated rings. The lowest BCUT2D eigenvalue weighted by Crippen LogP contribution is -2.35. The van der Waals surface area contributed by atoms with E-state index in [0.29, 0.717) is 13.1 Å². The van der Waals surface area contributed by atoms with Crippen molar-refractivity contribution in [2.45, 2.75) is 90.4 Å². The highest BCUT2D eigenvalue weighted by atomic mass is 16.7. The first-order valence-corrected chi connectivity index (χ1v) is 11.6. The molecule has 1 aromatic carbocycles. The van der Waals surface area contributed by atoms with E-state index in [1.165, 1.54) is 35.1 Å². The molecule has 4 rings (SSSR count). The number of pyridine rings is 1. The van der Waals surface area contributed by atoms with Crippen LogP contribution in [0.5, 0.6) is 0 Å². The lowest BCUT2D eigenvalue weighted by molar-refractivity contribution is 0.210. The van der Waals surface area contributed by atoms with Crippen molar-refractivity contribution in [1.29, 1.82) is 0 Å². The zero-order valence-corrected chi connectivity index (χ0v) is 20.2. The summed E-state index contributed by atoms with van der Waals surface area (Å²) in [6.45, 7) is 17.0. The maximum atomic E-state index is 5.32. The molecular weight excluding hydrogens is 382 g/mol. The Morgan fingerprint density at radius 3 is 2.29 bits per heavy atom. The summed E-state index contributed by atoms with van der Waals surface area (Å²) in [5, 5.41) is 0. The molecular formula is C27H37N3O. The summed E-state index contributed by atoms with van der Waals surface area (Å²) in [5.41, 5.74) is 11.2. The molecule has 2 aromatic rings. The lowest BCUT2D eigenvalue weighted by Gasteiger charge is -2.43. The smallest absolute Gasteiger partial charge is 0.215 e. The van der Waals surface area contributed by atoms with Gasteiger partial charge in [0.05, 0.1) is 12.1 Å². The minimum atomic E-state index is -0.127. The molecule has 0 spiro atoms. The Labute approximate surface area is 187 Å². The molecule has 4 heteroatoms. The molecule has 1 atom stereocenters. The Morgan fingerprint density at radius 1 is 1.06 bits per heavy atom. The van der Waals surface area contributed by atoms with E-state index in [-0.39, 0.29) is 16.2 Å². The second kappa shape index (κ2) is 7.74. The molecule has 1 N–H and O–H groups in total. The Balaban J connectivity index is 1.74. The highest BCUT2D eigenvalue weighted by Crippen LogP contribution is 2.48. The summed E-state index contributed by atoms with van der Waals surface area (Å²) in [6, 6.07) is 9.34. The fourth-order valence-electron chi connectivity index (χ4n) is 5.22. The largest absolute Gasteiger partial charge is 0.391 e. The molecule has 0 amide bonds. The van der Waals surface area contributed by atoms with Crippen LogP contribution in [0.15, 0.2) is 35.5 Å². The first-order chi connectivity index (χ1) is 14.6. The van der Waals surface area contributed by atoms with Crippen LogP contribution in [-0.2, 0) is 27.5 Å². The van der Waals surface area contributed by atoms with Gasteiger partial charge in [0.25, 0.3) is 0 Å². The van der Waals surface area contributed by atoms with Crippen LogP contribution in [0, 0.1) is 6.92 Å². The number of hydroxylamine groups is 1. The summed E-state index contributed by atoms with van der Waals surface area (Å²) in [6.07, 6.45) is 6.12. The topological polar surface area (TPSA) is 46.5 Å². The number of aliphatic imine (C=N–C) groups is 1. The second-order valence-electron chi connectivity index (χ2n) is 10.9. The van der Waals surface area contributed by atoms with Gasteiger partial charge in [-0.15, -0.1) is 5.48 Å². The number of aryl methyl sites for hydroxylation is 1. The standard InChI is InChI=1S/C27H37N3O/c1-8-27(7,23-10-9-19(16-28-23)14-24-29-17-30-31-24)20-15-22-21(13-18(20)2)25(3,4)11-12-26(22,5)6/h9-10,13,15-16,30H,8,11-12,14,17H2,1-7H3. The van der Waals surface area contributed by atoms with Crippen molar-refractivity contribution in [3.05, 3.63) is 64.0 Å². The predicted octanol–water partition coefficient (Wildman–Crippen LogP) is 5.89. The normalized spacial score (nSPS) is 21.1. The first kappa shape index (κ1) is 22.0. The fourth-order valence-corrected chi connectivity index (χ4v) is 5.22. The lowest BCUT2D eigenvalue weighted by atomic mass is 9.61. The van der Waals surface area contributed by atoms with Crippen molar-refractivity contribution in [2.75, 3.05) is 6.67 Å². The molecule has 31 heavy (non-hydrogen) atoms. The van der Waals surface area contributed by atoms with Crippen LogP contribution >= 0.6 is 0 Å². The molecule has 2 heterocycles. The molecule has 166 valence electrons. The van der Waals surface area contributed by atoms with E-state index in [0.717, 1.165) is 23.6 Å². The van der Waals surface area contributed by atoms with Crippen molar-refractivity contribution < 1.29 is 4.84 Å². The van der Waals surface area contributed by atoms with E-state index in [2.05, 4.69) is 83.2 Å². The number of nitrogens with zero attached hydrogens (tertiary/aromatic N) is 2. The van der Waals surface area contributed by atoms with Crippen molar-refractivity contribution in [2.24, 2.45) is 4.99 Å². The van der Waals surface area contributed by atoms with Gasteiger partial charge in [0.2, 0.25) is 5.90 Å². The predicted molar refractivity (Wildman–Crippen MR) is 128 cm³/mol. The summed E-state index contributed by atoms with van der Waals surface area (Å²) < 4.78 is 0. The molecule has 1 aliphatic carbocycles. The first-order valence-electron chi connectivity index (χ1n) is 11.6. The minimum absolute atomic E-state index is 0.127. The highest BCUT2D eigenvalue weighted by molar-refractivity contribution is 5.79. The number of hydrogen-bond donors (Lipinski definition) is 1. The number of benzene rings is 1. The Hall–Kier alpha value is -2.20. The molecule has 0 saturated heterocycles. The highest BCUT2D eigenvalue weighted by Gasteiger charge is 2.39. The van der Waals surface area contributed by atoms with Gasteiger partial charge in [-0.1, -0.05) is 52.8 Å². The van der Waals surface area contributed by atoms with Crippen LogP contribution in [0.25, 0.3) is 0 Å². The Bertz CT molecular complexity index is 1000. The SMILES string of the molecule is CCC(C)(c1ccc(CC2=NCNO2)cn1)c1cc2c(cc1C)C(C)(C)CCC2(C)C. The molecule has 2 aliphatic rings. The molecule has 0 saturated carbocycles. The van der Waals surface area contributed by atoms with E-state index in [1.807, 2.05) is 6.20 Å². The van der Waals surface area contributed by atoms with E-state index in [9.17, 15) is 0 Å². The summed E-state index contributed by atoms with van der Waals surface area (Å²) in [4.78, 5) is 14.5. The monoisotopic (exact) mass is 419 g/mol. The summed E-state index contributed by atoms with van der Waals surface area (Å²) in [7, 11) is 0. The zero-order valence-electron chi connectivity index (χ0n) is 20.2. The number of hydrogen-bond acceptors (Lipinski definition) is 4. The number of rotatable bonds is 5. The van der Waals surface area contributed by atoms with E-state index < -0.39 is 0 Å². The zero-order chi connectivity index (χ0) is 22.4. The van der Waals surface area contributed by atoms with Crippen molar-refractivity contribution >= 4 is 5.90 Å². The molecule has 0 radical (unpaired) electrons. The molecule has 1 aliphatic heterocycles. The third-order valence-electron chi connectivity index (χ3n) is 7.75. The quantitative estimate of drug-likeness (QED) is 0.657. The van der Waals surface area contributed by atoms with Crippen molar-refractivity contribution in [1.82, 2.24) is 10.5 Å². The summed E-state index contributed by atoms with van der Waals surface area (Å²) >= 11 is 0. The molecule has 1 unspecified atom stereocenters. The molecule has 0 bridgehead atoms. The van der Waals surface area contributed by atoms with Crippen LogP contribution in [0.4, 0.5) is 0 Å². The molecule has 4 nitrogen and oxygen atoms in total. The van der Waals surface area contributed by atoms with Crippen LogP contribution in [-0.4, -0.2) is 17.6 Å². The van der Waals surface area contributed by atoms with Gasteiger partial charge in [-0.2, -0.15) is 0 Å². The van der Waals surface area contributed by atoms with Gasteiger partial charge in [-0.05, 0) is 77.8 Å². The Morgan fingerprint density at radius 2 is 1.74 bits per heavy atom. The van der Waals surface area contributed by atoms with Crippen LogP contribution < -0.4 is 5.48 Å². The maximum Gasteiger partial charge on any atom is 0.215 e. The number of fused-ring (bicyclic) bond motifs is 1. The van der Waals surface area contributed by atoms with E-state index >= 15 is 0 Å². The Kier molecular flexibility index (Phi) is 5.49. The van der Waals surface area contributed by atoms with Crippen molar-refractivity contribution in [3.8, 4) is 0 Å². The van der Waals surface area contributed by atoms with Gasteiger partial charge < -0.3 is 4.84 Å². The molecule has 1 aromatic heterocycles. The fraction of sp³-hybridized carbons (Fsp3) is 0.556. The average Bonchev–Trinajstić information content (AvgIpc) is 3.24. The van der Waals surface area contributed by atoms with Gasteiger partial charge in [-0.25, -0.2) is 4.99 Å². The van der Waals surface area contributed by atoms with Gasteiger partial charge in [0.15, 0.2) is 0 Å². The second-order valence-corrected chi connectivity index (χ2v) is 10.9. The minimum Gasteiger partial charge on any atom is -0.391 e. The van der Waals surface area contributed by atoms with Crippen LogP contribution in [0.1, 0.15) is 94.3 Å². The number of nitrogens with one attached hydrogen (secondary N) is 1. The third-order valence-corrected chi connectivity index (χ3v) is 7.75. The van der Waals surface area contributed by atoms with Gasteiger partial charge >= 0.3 is 0 Å². The van der Waals surface area contributed by atoms with Crippen LogP contribution in [0.2, 0.25) is 0 Å². The van der Waals surface area contributed by atoms with E-state index in [4.69, 9.17) is 9.82 Å². The van der Waals surface area contributed by atoms with Gasteiger partial charge in [-0.3, -0.25) is 4.98 Å². The van der Waals surface area contributed by atoms with Gasteiger partial charge in [0.1, 0.15) is 6.67 Å². The van der Waals surface area contributed by atoms with Gasteiger partial charge in [0, 0.05) is 11.6 Å². The average molecular weight is 420 g/mol. The van der Waals surface area contributed by atoms with Crippen molar-refractivity contribution in [3.63, 3.8) is 0 Å². The van der Waals surface area contributed by atoms with E-state index in [1.54, 1.807) is 0 Å². The maximum absolute atomic E-state index is 5.32.